The fourth-order valence-corrected chi connectivity index (χ4v) is 4.81. The highest BCUT2D eigenvalue weighted by Gasteiger charge is 2.23. The number of pyridine rings is 1. The molecule has 0 radical (unpaired) electrons. The van der Waals surface area contributed by atoms with E-state index in [4.69, 9.17) is 0 Å². The highest BCUT2D eigenvalue weighted by Crippen LogP contribution is 2.29. The number of hydrogen-bond donors (Lipinski definition) is 0. The van der Waals surface area contributed by atoms with Crippen LogP contribution in [0.4, 0.5) is 0 Å². The third kappa shape index (κ3) is 4.37. The van der Waals surface area contributed by atoms with Gasteiger partial charge in [-0.15, -0.1) is 0 Å². The van der Waals surface area contributed by atoms with Gasteiger partial charge in [0.15, 0.2) is 6.54 Å². The molecule has 1 heteroatoms. The van der Waals surface area contributed by atoms with E-state index in [0.29, 0.717) is 0 Å². The van der Waals surface area contributed by atoms with Crippen LogP contribution in [0, 0.1) is 0 Å². The first-order valence-corrected chi connectivity index (χ1v) is 12.1. The fraction of sp³-hybridized carbons (Fsp3) is 0.0294. The second kappa shape index (κ2) is 9.40. The highest BCUT2D eigenvalue weighted by molar-refractivity contribution is 5.83. The average Bonchev–Trinajstić information content (AvgIpc) is 2.94. The third-order valence-electron chi connectivity index (χ3n) is 6.57. The van der Waals surface area contributed by atoms with Gasteiger partial charge in [-0.3, -0.25) is 0 Å². The van der Waals surface area contributed by atoms with Gasteiger partial charge in [0.05, 0.1) is 0 Å². The summed E-state index contributed by atoms with van der Waals surface area (Å²) in [5, 5.41) is 2.54. The molecule has 0 atom stereocenters. The first-order chi connectivity index (χ1) is 17.3. The second-order valence-corrected chi connectivity index (χ2v) is 8.88. The Balaban J connectivity index is 1.60. The topological polar surface area (TPSA) is 3.88 Å². The summed E-state index contributed by atoms with van der Waals surface area (Å²) in [7, 11) is 0. The predicted molar refractivity (Wildman–Crippen MR) is 146 cm³/mol. The number of benzene rings is 5. The summed E-state index contributed by atoms with van der Waals surface area (Å²) in [6, 6.07) is 52.1. The number of rotatable bonds is 5. The van der Waals surface area contributed by atoms with Crippen LogP contribution in [0.3, 0.4) is 0 Å². The summed E-state index contributed by atoms with van der Waals surface area (Å²) in [5.41, 5.74) is 8.57. The van der Waals surface area contributed by atoms with Crippen LogP contribution in [-0.4, -0.2) is 0 Å². The molecule has 6 rings (SSSR count). The van der Waals surface area contributed by atoms with Crippen LogP contribution >= 0.6 is 0 Å². The molecule has 6 aromatic rings. The van der Waals surface area contributed by atoms with E-state index in [-0.39, 0.29) is 0 Å². The van der Waals surface area contributed by atoms with E-state index in [2.05, 4.69) is 150 Å². The Labute approximate surface area is 206 Å². The van der Waals surface area contributed by atoms with Gasteiger partial charge in [0, 0.05) is 28.8 Å². The van der Waals surface area contributed by atoms with Crippen LogP contribution in [0.2, 0.25) is 0 Å². The molecule has 0 spiro atoms. The van der Waals surface area contributed by atoms with Crippen LogP contribution in [-0.2, 0) is 6.54 Å². The SMILES string of the molecule is c1ccc(-c2cc(-c3ccccc3)[n+](Cc3ccc4ccccc4c3)c(-c3ccccc3)c2)cc1. The van der Waals surface area contributed by atoms with Crippen molar-refractivity contribution in [1.29, 1.82) is 0 Å². The summed E-state index contributed by atoms with van der Waals surface area (Å²) in [5.74, 6) is 0. The van der Waals surface area contributed by atoms with Crippen molar-refractivity contribution < 1.29 is 4.57 Å². The molecule has 0 aliphatic heterocycles. The number of nitrogens with zero attached hydrogens (tertiary/aromatic N) is 1. The average molecular weight is 449 g/mol. The maximum absolute atomic E-state index is 2.46. The summed E-state index contributed by atoms with van der Waals surface area (Å²) in [6.07, 6.45) is 0. The van der Waals surface area contributed by atoms with Gasteiger partial charge in [-0.25, -0.2) is 0 Å². The Bertz CT molecular complexity index is 1530. The summed E-state index contributed by atoms with van der Waals surface area (Å²) in [4.78, 5) is 0. The molecule has 0 N–H and O–H groups in total. The molecule has 0 aliphatic rings. The molecule has 5 aromatic carbocycles. The molecule has 35 heavy (non-hydrogen) atoms. The summed E-state index contributed by atoms with van der Waals surface area (Å²) in [6.45, 7) is 0.786. The van der Waals surface area contributed by atoms with E-state index in [9.17, 15) is 0 Å². The Morgan fingerprint density at radius 1 is 0.371 bits per heavy atom. The minimum Gasteiger partial charge on any atom is -0.187 e. The quantitative estimate of drug-likeness (QED) is 0.234. The Morgan fingerprint density at radius 2 is 0.857 bits per heavy atom. The largest absolute Gasteiger partial charge is 0.213 e. The van der Waals surface area contributed by atoms with Gasteiger partial charge in [0.1, 0.15) is 0 Å². The second-order valence-electron chi connectivity index (χ2n) is 8.88. The lowest BCUT2D eigenvalue weighted by Crippen LogP contribution is -2.39. The van der Waals surface area contributed by atoms with E-state index < -0.39 is 0 Å². The highest BCUT2D eigenvalue weighted by atomic mass is 15.0. The van der Waals surface area contributed by atoms with Gasteiger partial charge in [-0.2, -0.15) is 4.57 Å². The van der Waals surface area contributed by atoms with Gasteiger partial charge >= 0.3 is 0 Å². The van der Waals surface area contributed by atoms with Crippen molar-refractivity contribution in [3.63, 3.8) is 0 Å². The van der Waals surface area contributed by atoms with Gasteiger partial charge in [-0.05, 0) is 52.2 Å². The Hall–Kier alpha value is -4.49. The van der Waals surface area contributed by atoms with Gasteiger partial charge < -0.3 is 0 Å². The fourth-order valence-electron chi connectivity index (χ4n) is 4.81. The van der Waals surface area contributed by atoms with Gasteiger partial charge in [0.25, 0.3) is 0 Å². The molecule has 0 unspecified atom stereocenters. The van der Waals surface area contributed by atoms with Crippen molar-refractivity contribution >= 4 is 10.8 Å². The van der Waals surface area contributed by atoms with Gasteiger partial charge in [-0.1, -0.05) is 103 Å². The maximum atomic E-state index is 2.46. The van der Waals surface area contributed by atoms with Crippen molar-refractivity contribution in [3.8, 4) is 33.6 Å². The van der Waals surface area contributed by atoms with Crippen molar-refractivity contribution in [2.45, 2.75) is 6.54 Å². The minimum atomic E-state index is 0.786. The molecular formula is C34H26N+. The van der Waals surface area contributed by atoms with E-state index in [1.165, 1.54) is 50.0 Å². The molecule has 0 saturated carbocycles. The van der Waals surface area contributed by atoms with Crippen LogP contribution in [0.1, 0.15) is 5.56 Å². The zero-order valence-electron chi connectivity index (χ0n) is 19.5. The molecule has 0 bridgehead atoms. The van der Waals surface area contributed by atoms with Crippen LogP contribution in [0.15, 0.2) is 146 Å². The molecule has 166 valence electrons. The molecule has 0 saturated heterocycles. The van der Waals surface area contributed by atoms with Crippen molar-refractivity contribution in [1.82, 2.24) is 0 Å². The van der Waals surface area contributed by atoms with Crippen molar-refractivity contribution in [2.24, 2.45) is 0 Å². The van der Waals surface area contributed by atoms with Gasteiger partial charge in [0.2, 0.25) is 11.4 Å². The predicted octanol–water partition coefficient (Wildman–Crippen LogP) is 8.18. The van der Waals surface area contributed by atoms with E-state index in [0.717, 1.165) is 6.54 Å². The smallest absolute Gasteiger partial charge is 0.187 e. The Morgan fingerprint density at radius 3 is 1.43 bits per heavy atom. The van der Waals surface area contributed by atoms with E-state index in [1.807, 2.05) is 0 Å². The molecule has 0 aliphatic carbocycles. The maximum Gasteiger partial charge on any atom is 0.213 e. The van der Waals surface area contributed by atoms with E-state index in [1.54, 1.807) is 0 Å². The standard InChI is InChI=1S/C34H26N/c1-4-12-27(13-5-1)32-23-33(29-15-6-2-7-16-29)35(34(24-32)30-17-8-3-9-18-30)25-26-20-21-28-14-10-11-19-31(28)22-26/h1-24H,25H2/q+1. The zero-order chi connectivity index (χ0) is 23.5. The normalized spacial score (nSPS) is 11.0. The molecule has 0 amide bonds. The van der Waals surface area contributed by atoms with Crippen LogP contribution in [0.25, 0.3) is 44.4 Å². The molecular weight excluding hydrogens is 422 g/mol. The molecule has 0 fully saturated rings. The van der Waals surface area contributed by atoms with Crippen LogP contribution < -0.4 is 4.57 Å². The number of hydrogen-bond acceptors (Lipinski definition) is 0. The molecule has 1 heterocycles. The molecule has 1 aromatic heterocycles. The first kappa shape index (κ1) is 21.1. The zero-order valence-corrected chi connectivity index (χ0v) is 19.5. The summed E-state index contributed by atoms with van der Waals surface area (Å²) < 4.78 is 2.46. The number of aromatic nitrogens is 1. The van der Waals surface area contributed by atoms with Crippen molar-refractivity contribution in [3.05, 3.63) is 151 Å². The minimum absolute atomic E-state index is 0.786. The van der Waals surface area contributed by atoms with Crippen molar-refractivity contribution in [2.75, 3.05) is 0 Å². The Kier molecular flexibility index (Phi) is 5.66. The lowest BCUT2D eigenvalue weighted by atomic mass is 9.98. The lowest BCUT2D eigenvalue weighted by molar-refractivity contribution is -0.666. The molecule has 1 nitrogen and oxygen atoms in total. The monoisotopic (exact) mass is 448 g/mol. The number of fused-ring (bicyclic) bond motifs is 1. The third-order valence-corrected chi connectivity index (χ3v) is 6.57. The first-order valence-electron chi connectivity index (χ1n) is 12.1. The van der Waals surface area contributed by atoms with Crippen LogP contribution in [0.5, 0.6) is 0 Å². The summed E-state index contributed by atoms with van der Waals surface area (Å²) >= 11 is 0. The van der Waals surface area contributed by atoms with E-state index >= 15 is 0 Å². The lowest BCUT2D eigenvalue weighted by Gasteiger charge is -2.13.